The lowest BCUT2D eigenvalue weighted by molar-refractivity contribution is -0.141. The summed E-state index contributed by atoms with van der Waals surface area (Å²) in [6.45, 7) is 9.42. The van der Waals surface area contributed by atoms with Crippen molar-refractivity contribution in [1.82, 2.24) is 10.2 Å². The molecule has 0 radical (unpaired) electrons. The van der Waals surface area contributed by atoms with Crippen LogP contribution in [0.4, 0.5) is 4.39 Å². The van der Waals surface area contributed by atoms with Gasteiger partial charge in [-0.1, -0.05) is 48.0 Å². The Morgan fingerprint density at radius 2 is 1.69 bits per heavy atom. The third-order valence-electron chi connectivity index (χ3n) is 4.71. The number of carbonyl (C=O) groups excluding carboxylic acids is 2. The average molecular weight is 399 g/mol. The number of nitrogens with zero attached hydrogens (tertiary/aromatic N) is 1. The van der Waals surface area contributed by atoms with Gasteiger partial charge in [-0.05, 0) is 52.7 Å². The molecule has 2 aromatic rings. The molecule has 2 rings (SSSR count). The Morgan fingerprint density at radius 1 is 1.07 bits per heavy atom. The summed E-state index contributed by atoms with van der Waals surface area (Å²) in [6.07, 6.45) is 0.825. The molecule has 0 unspecified atom stereocenters. The first-order chi connectivity index (χ1) is 13.6. The Hall–Kier alpha value is -2.69. The van der Waals surface area contributed by atoms with Gasteiger partial charge in [-0.2, -0.15) is 0 Å². The van der Waals surface area contributed by atoms with E-state index in [1.165, 1.54) is 11.0 Å². The number of hydrogen-bond acceptors (Lipinski definition) is 2. The molecule has 2 aromatic carbocycles. The Labute approximate surface area is 173 Å². The van der Waals surface area contributed by atoms with Crippen molar-refractivity contribution >= 4 is 11.8 Å². The summed E-state index contributed by atoms with van der Waals surface area (Å²) in [5.74, 6) is -0.810. The molecule has 0 fully saturated rings. The van der Waals surface area contributed by atoms with Crippen LogP contribution in [0.3, 0.4) is 0 Å². The first-order valence-corrected chi connectivity index (χ1v) is 9.97. The quantitative estimate of drug-likeness (QED) is 0.752. The zero-order valence-corrected chi connectivity index (χ0v) is 18.0. The van der Waals surface area contributed by atoms with Crippen molar-refractivity contribution in [3.8, 4) is 0 Å². The molecule has 29 heavy (non-hydrogen) atoms. The second kappa shape index (κ2) is 9.68. The monoisotopic (exact) mass is 398 g/mol. The van der Waals surface area contributed by atoms with Crippen LogP contribution in [0, 0.1) is 12.7 Å². The summed E-state index contributed by atoms with van der Waals surface area (Å²) in [5, 5.41) is 2.91. The Bertz CT molecular complexity index is 841. The van der Waals surface area contributed by atoms with Gasteiger partial charge in [0.15, 0.2) is 0 Å². The molecule has 0 aliphatic carbocycles. The highest BCUT2D eigenvalue weighted by atomic mass is 19.1. The van der Waals surface area contributed by atoms with Gasteiger partial charge in [0, 0.05) is 24.1 Å². The molecule has 0 bridgehead atoms. The van der Waals surface area contributed by atoms with E-state index in [2.05, 4.69) is 5.32 Å². The summed E-state index contributed by atoms with van der Waals surface area (Å²) < 4.78 is 14.2. The minimum atomic E-state index is -0.709. The maximum atomic E-state index is 14.2. The largest absolute Gasteiger partial charge is 0.350 e. The normalized spacial score (nSPS) is 12.3. The topological polar surface area (TPSA) is 49.4 Å². The van der Waals surface area contributed by atoms with E-state index in [4.69, 9.17) is 0 Å². The highest BCUT2D eigenvalue weighted by Gasteiger charge is 2.28. The third kappa shape index (κ3) is 7.00. The van der Waals surface area contributed by atoms with Crippen molar-refractivity contribution in [2.75, 3.05) is 0 Å². The fourth-order valence-electron chi connectivity index (χ4n) is 3.02. The summed E-state index contributed by atoms with van der Waals surface area (Å²) >= 11 is 0. The van der Waals surface area contributed by atoms with Crippen LogP contribution < -0.4 is 5.32 Å². The molecule has 1 atom stereocenters. The van der Waals surface area contributed by atoms with E-state index in [9.17, 15) is 14.0 Å². The zero-order valence-electron chi connectivity index (χ0n) is 18.0. The van der Waals surface area contributed by atoms with E-state index in [0.717, 1.165) is 11.1 Å². The van der Waals surface area contributed by atoms with Crippen LogP contribution in [0.5, 0.6) is 0 Å². The van der Waals surface area contributed by atoms with Crippen LogP contribution in [0.15, 0.2) is 48.5 Å². The molecule has 1 N–H and O–H groups in total. The molecular formula is C24H31FN2O2. The van der Waals surface area contributed by atoms with Crippen LogP contribution in [0.25, 0.3) is 0 Å². The van der Waals surface area contributed by atoms with E-state index >= 15 is 0 Å². The fraction of sp³-hybridized carbons (Fsp3) is 0.417. The number of hydrogen-bond donors (Lipinski definition) is 1. The summed E-state index contributed by atoms with van der Waals surface area (Å²) in [5.41, 5.74) is 2.20. The first-order valence-electron chi connectivity index (χ1n) is 9.97. The van der Waals surface area contributed by atoms with E-state index in [-0.39, 0.29) is 30.6 Å². The Balaban J connectivity index is 2.18. The standard InChI is InChI=1S/C24H31FN2O2/c1-17-10-12-19(13-11-17)14-15-22(28)27(16-20-8-6-7-9-21(20)25)18(2)23(29)26-24(3,4)5/h6-13,18H,14-16H2,1-5H3,(H,26,29)/t18-/m1/s1. The molecule has 0 saturated carbocycles. The number of amides is 2. The number of rotatable bonds is 7. The molecule has 0 heterocycles. The van der Waals surface area contributed by atoms with Gasteiger partial charge in [-0.3, -0.25) is 9.59 Å². The molecule has 5 heteroatoms. The predicted molar refractivity (Wildman–Crippen MR) is 114 cm³/mol. The van der Waals surface area contributed by atoms with Crippen LogP contribution >= 0.6 is 0 Å². The molecule has 0 aliphatic heterocycles. The summed E-state index contributed by atoms with van der Waals surface area (Å²) in [7, 11) is 0. The lowest BCUT2D eigenvalue weighted by Gasteiger charge is -2.31. The van der Waals surface area contributed by atoms with Crippen molar-refractivity contribution < 1.29 is 14.0 Å². The molecule has 0 aliphatic rings. The van der Waals surface area contributed by atoms with Crippen molar-refractivity contribution in [2.45, 2.75) is 65.6 Å². The summed E-state index contributed by atoms with van der Waals surface area (Å²) in [4.78, 5) is 27.2. The Morgan fingerprint density at radius 3 is 2.28 bits per heavy atom. The molecular weight excluding hydrogens is 367 g/mol. The smallest absolute Gasteiger partial charge is 0.242 e. The summed E-state index contributed by atoms with van der Waals surface area (Å²) in [6, 6.07) is 13.7. The van der Waals surface area contributed by atoms with E-state index in [1.807, 2.05) is 52.0 Å². The fourth-order valence-corrected chi connectivity index (χ4v) is 3.02. The van der Waals surface area contributed by atoms with E-state index < -0.39 is 11.6 Å². The van der Waals surface area contributed by atoms with Crippen molar-refractivity contribution in [1.29, 1.82) is 0 Å². The van der Waals surface area contributed by atoms with Gasteiger partial charge in [0.05, 0.1) is 0 Å². The van der Waals surface area contributed by atoms with Gasteiger partial charge in [0.2, 0.25) is 11.8 Å². The predicted octanol–water partition coefficient (Wildman–Crippen LogP) is 4.40. The minimum absolute atomic E-state index is 0.0537. The number of carbonyl (C=O) groups is 2. The molecule has 0 aromatic heterocycles. The lowest BCUT2D eigenvalue weighted by Crippen LogP contribution is -2.52. The molecule has 4 nitrogen and oxygen atoms in total. The zero-order chi connectivity index (χ0) is 21.6. The van der Waals surface area contributed by atoms with Gasteiger partial charge < -0.3 is 10.2 Å². The SMILES string of the molecule is Cc1ccc(CCC(=O)N(Cc2ccccc2F)[C@H](C)C(=O)NC(C)(C)C)cc1. The van der Waals surface area contributed by atoms with Crippen molar-refractivity contribution in [3.05, 3.63) is 71.0 Å². The van der Waals surface area contributed by atoms with Gasteiger partial charge in [0.25, 0.3) is 0 Å². The molecule has 156 valence electrons. The maximum Gasteiger partial charge on any atom is 0.242 e. The van der Waals surface area contributed by atoms with Gasteiger partial charge in [0.1, 0.15) is 11.9 Å². The van der Waals surface area contributed by atoms with E-state index in [0.29, 0.717) is 12.0 Å². The van der Waals surface area contributed by atoms with Crippen LogP contribution in [-0.2, 0) is 22.6 Å². The lowest BCUT2D eigenvalue weighted by atomic mass is 10.1. The highest BCUT2D eigenvalue weighted by molar-refractivity contribution is 5.87. The Kier molecular flexibility index (Phi) is 7.54. The highest BCUT2D eigenvalue weighted by Crippen LogP contribution is 2.16. The van der Waals surface area contributed by atoms with Crippen molar-refractivity contribution in [2.24, 2.45) is 0 Å². The second-order valence-corrected chi connectivity index (χ2v) is 8.51. The van der Waals surface area contributed by atoms with Crippen LogP contribution in [0.1, 0.15) is 50.8 Å². The van der Waals surface area contributed by atoms with E-state index in [1.54, 1.807) is 25.1 Å². The first kappa shape index (κ1) is 22.6. The van der Waals surface area contributed by atoms with Gasteiger partial charge in [-0.15, -0.1) is 0 Å². The second-order valence-electron chi connectivity index (χ2n) is 8.51. The number of halogens is 1. The van der Waals surface area contributed by atoms with Crippen LogP contribution in [0.2, 0.25) is 0 Å². The van der Waals surface area contributed by atoms with Crippen LogP contribution in [-0.4, -0.2) is 28.3 Å². The number of benzene rings is 2. The van der Waals surface area contributed by atoms with Crippen molar-refractivity contribution in [3.63, 3.8) is 0 Å². The average Bonchev–Trinajstić information content (AvgIpc) is 2.65. The number of aryl methyl sites for hydroxylation is 2. The van der Waals surface area contributed by atoms with Gasteiger partial charge >= 0.3 is 0 Å². The third-order valence-corrected chi connectivity index (χ3v) is 4.71. The molecule has 0 saturated heterocycles. The molecule has 2 amide bonds. The molecule has 0 spiro atoms. The number of nitrogens with one attached hydrogen (secondary N) is 1. The maximum absolute atomic E-state index is 14.2. The van der Waals surface area contributed by atoms with Gasteiger partial charge in [-0.25, -0.2) is 4.39 Å². The minimum Gasteiger partial charge on any atom is -0.350 e.